The third-order valence-electron chi connectivity index (χ3n) is 7.54. The first-order valence-electron chi connectivity index (χ1n) is 13.2. The number of benzene rings is 2. The molecule has 0 amide bonds. The van der Waals surface area contributed by atoms with Crippen molar-refractivity contribution in [3.63, 3.8) is 0 Å². The van der Waals surface area contributed by atoms with Gasteiger partial charge in [0.1, 0.15) is 12.2 Å². The Bertz CT molecular complexity index is 1430. The average molecular weight is 543 g/mol. The largest absolute Gasteiger partial charge is 0.487 e. The van der Waals surface area contributed by atoms with Crippen molar-refractivity contribution in [3.05, 3.63) is 75.6 Å². The summed E-state index contributed by atoms with van der Waals surface area (Å²) >= 11 is 0. The van der Waals surface area contributed by atoms with Crippen molar-refractivity contribution in [2.75, 3.05) is 26.4 Å². The predicted octanol–water partition coefficient (Wildman–Crippen LogP) is 3.56. The quantitative estimate of drug-likeness (QED) is 0.399. The lowest BCUT2D eigenvalue weighted by Crippen LogP contribution is -2.53. The van der Waals surface area contributed by atoms with Gasteiger partial charge in [0.05, 0.1) is 29.7 Å². The van der Waals surface area contributed by atoms with E-state index in [1.807, 2.05) is 30.3 Å². The number of aromatic nitrogens is 1. The Kier molecular flexibility index (Phi) is 7.70. The Labute approximate surface area is 224 Å². The van der Waals surface area contributed by atoms with Crippen LogP contribution in [0.3, 0.4) is 0 Å². The van der Waals surface area contributed by atoms with Crippen LogP contribution < -0.4 is 10.2 Å². The third-order valence-corrected chi connectivity index (χ3v) is 7.54. The number of pyridine rings is 1. The minimum atomic E-state index is -1.32. The summed E-state index contributed by atoms with van der Waals surface area (Å²) in [6.45, 7) is 2.12. The van der Waals surface area contributed by atoms with Crippen LogP contribution in [0.25, 0.3) is 10.9 Å². The highest BCUT2D eigenvalue weighted by Crippen LogP contribution is 2.41. The molecule has 208 valence electrons. The monoisotopic (exact) mass is 542 g/mol. The van der Waals surface area contributed by atoms with E-state index in [0.29, 0.717) is 19.5 Å². The number of rotatable bonds is 9. The fourth-order valence-corrected chi connectivity index (χ4v) is 5.27. The number of aliphatic hydroxyl groups excluding tert-OH is 1. The van der Waals surface area contributed by atoms with Crippen molar-refractivity contribution in [1.29, 1.82) is 0 Å². The normalized spacial score (nSPS) is 21.7. The van der Waals surface area contributed by atoms with Crippen LogP contribution in [0.1, 0.15) is 54.6 Å². The Balaban J connectivity index is 1.53. The molecule has 1 saturated heterocycles. The predicted molar refractivity (Wildman–Crippen MR) is 140 cm³/mol. The molecule has 2 atom stereocenters. The number of carbonyl (C=O) groups is 1. The molecule has 8 nitrogen and oxygen atoms in total. The van der Waals surface area contributed by atoms with E-state index >= 15 is 4.39 Å². The molecule has 1 aliphatic carbocycles. The fraction of sp³-hybridized carbons (Fsp3) is 0.448. The summed E-state index contributed by atoms with van der Waals surface area (Å²) in [6, 6.07) is 9.96. The number of piperidine rings is 1. The number of halogens is 2. The zero-order chi connectivity index (χ0) is 27.7. The van der Waals surface area contributed by atoms with E-state index in [-0.39, 0.29) is 42.1 Å². The number of hydrogen-bond acceptors (Lipinski definition) is 7. The molecule has 2 fully saturated rings. The number of fused-ring (bicyclic) bond motifs is 1. The minimum absolute atomic E-state index is 0.0624. The molecule has 2 aliphatic rings. The standard InChI is InChI=1S/C29H32F2N2O6/c1-2-38-28(36)22-15-33(19-8-9-19)25-21(26(22)35)12-23(30)24(31)27(25)39-16-20-13-29(37,17-34)10-11-32(20)14-18-6-4-3-5-7-18/h3-7,12,15,19-20,34,37H,2,8-11,13-14,16-17H2,1H3/t20-,29+/m0/s1. The molecule has 2 N–H and O–H groups in total. The Morgan fingerprint density at radius 3 is 2.62 bits per heavy atom. The molecule has 1 aliphatic heterocycles. The van der Waals surface area contributed by atoms with Gasteiger partial charge in [0.25, 0.3) is 0 Å². The zero-order valence-electron chi connectivity index (χ0n) is 21.7. The van der Waals surface area contributed by atoms with Gasteiger partial charge in [0, 0.05) is 31.4 Å². The van der Waals surface area contributed by atoms with Crippen LogP contribution in [0.5, 0.6) is 5.75 Å². The highest BCUT2D eigenvalue weighted by molar-refractivity contribution is 5.95. The smallest absolute Gasteiger partial charge is 0.343 e. The number of esters is 1. The number of nitrogens with zero attached hydrogens (tertiary/aromatic N) is 2. The van der Waals surface area contributed by atoms with Gasteiger partial charge in [-0.2, -0.15) is 4.39 Å². The maximum absolute atomic E-state index is 15.3. The topological polar surface area (TPSA) is 101 Å². The molecule has 2 aromatic carbocycles. The molecule has 1 aromatic heterocycles. The van der Waals surface area contributed by atoms with Gasteiger partial charge in [-0.05, 0) is 44.2 Å². The zero-order valence-corrected chi connectivity index (χ0v) is 21.7. The maximum atomic E-state index is 15.3. The number of aliphatic hydroxyl groups is 2. The van der Waals surface area contributed by atoms with Crippen molar-refractivity contribution < 1.29 is 33.3 Å². The lowest BCUT2D eigenvalue weighted by molar-refractivity contribution is -0.0873. The molecule has 3 aromatic rings. The molecule has 2 heterocycles. The Morgan fingerprint density at radius 1 is 1.21 bits per heavy atom. The molecule has 0 spiro atoms. The number of likely N-dealkylation sites (tertiary alicyclic amines) is 1. The number of ether oxygens (including phenoxy) is 2. The first-order valence-corrected chi connectivity index (χ1v) is 13.2. The Morgan fingerprint density at radius 2 is 1.95 bits per heavy atom. The van der Waals surface area contributed by atoms with E-state index in [1.54, 1.807) is 11.5 Å². The van der Waals surface area contributed by atoms with E-state index in [4.69, 9.17) is 9.47 Å². The third kappa shape index (κ3) is 5.54. The summed E-state index contributed by atoms with van der Waals surface area (Å²) < 4.78 is 42.7. The fourth-order valence-electron chi connectivity index (χ4n) is 5.27. The molecular formula is C29H32F2N2O6. The van der Waals surface area contributed by atoms with E-state index in [2.05, 4.69) is 4.90 Å². The van der Waals surface area contributed by atoms with E-state index < -0.39 is 47.0 Å². The highest BCUT2D eigenvalue weighted by atomic mass is 19.2. The molecular weight excluding hydrogens is 510 g/mol. The summed E-state index contributed by atoms with van der Waals surface area (Å²) in [5, 5.41) is 20.5. The lowest BCUT2D eigenvalue weighted by atomic mass is 9.87. The lowest BCUT2D eigenvalue weighted by Gasteiger charge is -2.43. The average Bonchev–Trinajstić information content (AvgIpc) is 3.77. The van der Waals surface area contributed by atoms with Crippen molar-refractivity contribution in [2.45, 2.75) is 56.8 Å². The van der Waals surface area contributed by atoms with Crippen LogP contribution >= 0.6 is 0 Å². The van der Waals surface area contributed by atoms with Gasteiger partial charge < -0.3 is 24.3 Å². The summed E-state index contributed by atoms with van der Waals surface area (Å²) in [4.78, 5) is 27.8. The summed E-state index contributed by atoms with van der Waals surface area (Å²) in [7, 11) is 0. The first-order chi connectivity index (χ1) is 18.7. The van der Waals surface area contributed by atoms with Crippen molar-refractivity contribution >= 4 is 16.9 Å². The second-order valence-corrected chi connectivity index (χ2v) is 10.4. The van der Waals surface area contributed by atoms with E-state index in [0.717, 1.165) is 24.5 Å². The van der Waals surface area contributed by atoms with Gasteiger partial charge in [0.2, 0.25) is 11.2 Å². The summed E-state index contributed by atoms with van der Waals surface area (Å²) in [5.74, 6) is -3.74. The van der Waals surface area contributed by atoms with Crippen molar-refractivity contribution in [1.82, 2.24) is 9.47 Å². The molecule has 5 rings (SSSR count). The van der Waals surface area contributed by atoms with Crippen LogP contribution in [-0.4, -0.2) is 63.7 Å². The minimum Gasteiger partial charge on any atom is -0.487 e. The molecule has 0 bridgehead atoms. The van der Waals surface area contributed by atoms with Crippen molar-refractivity contribution in [2.24, 2.45) is 0 Å². The van der Waals surface area contributed by atoms with Crippen molar-refractivity contribution in [3.8, 4) is 5.75 Å². The van der Waals surface area contributed by atoms with Gasteiger partial charge in [-0.15, -0.1) is 0 Å². The van der Waals surface area contributed by atoms with Crippen LogP contribution in [0, 0.1) is 11.6 Å². The van der Waals surface area contributed by atoms with Gasteiger partial charge >= 0.3 is 5.97 Å². The summed E-state index contributed by atoms with van der Waals surface area (Å²) in [6.07, 6.45) is 3.35. The van der Waals surface area contributed by atoms with E-state index in [9.17, 15) is 24.2 Å². The van der Waals surface area contributed by atoms with Gasteiger partial charge in [-0.25, -0.2) is 9.18 Å². The highest BCUT2D eigenvalue weighted by Gasteiger charge is 2.39. The van der Waals surface area contributed by atoms with E-state index in [1.165, 1.54) is 6.20 Å². The van der Waals surface area contributed by atoms with Crippen LogP contribution in [0.4, 0.5) is 8.78 Å². The molecule has 0 unspecified atom stereocenters. The molecule has 10 heteroatoms. The maximum Gasteiger partial charge on any atom is 0.343 e. The number of hydrogen-bond donors (Lipinski definition) is 2. The second-order valence-electron chi connectivity index (χ2n) is 10.4. The molecule has 39 heavy (non-hydrogen) atoms. The van der Waals surface area contributed by atoms with Gasteiger partial charge in [-0.3, -0.25) is 9.69 Å². The first kappa shape index (κ1) is 27.2. The van der Waals surface area contributed by atoms with Gasteiger partial charge in [-0.1, -0.05) is 30.3 Å². The summed E-state index contributed by atoms with van der Waals surface area (Å²) in [5.41, 5.74) is -1.22. The number of carbonyl (C=O) groups excluding carboxylic acids is 1. The Hall–Kier alpha value is -3.34. The van der Waals surface area contributed by atoms with Gasteiger partial charge in [0.15, 0.2) is 11.6 Å². The second kappa shape index (κ2) is 11.0. The van der Waals surface area contributed by atoms with Crippen LogP contribution in [-0.2, 0) is 11.3 Å². The SMILES string of the molecule is CCOC(=O)c1cn(C2CC2)c2c(OC[C@@H]3C[C@@](O)(CO)CCN3Cc3ccccc3)c(F)c(F)cc2c1=O. The molecule has 1 saturated carbocycles. The van der Waals surface area contributed by atoms with Crippen LogP contribution in [0.15, 0.2) is 47.4 Å². The van der Waals surface area contributed by atoms with Crippen LogP contribution in [0.2, 0.25) is 0 Å². The molecule has 0 radical (unpaired) electrons.